The maximum atomic E-state index is 13.0. The molecule has 1 aliphatic rings. The van der Waals surface area contributed by atoms with Crippen LogP contribution in [0.1, 0.15) is 18.4 Å². The zero-order valence-corrected chi connectivity index (χ0v) is 17.5. The van der Waals surface area contributed by atoms with Crippen molar-refractivity contribution in [3.05, 3.63) is 58.9 Å². The first-order valence-corrected chi connectivity index (χ1v) is 11.4. The van der Waals surface area contributed by atoms with Crippen molar-refractivity contribution in [1.82, 2.24) is 10.2 Å². The number of halogens is 2. The van der Waals surface area contributed by atoms with Gasteiger partial charge in [0.25, 0.3) is 0 Å². The van der Waals surface area contributed by atoms with Gasteiger partial charge < -0.3 is 15.0 Å². The van der Waals surface area contributed by atoms with Crippen molar-refractivity contribution in [2.45, 2.75) is 30.4 Å². The molecule has 3 rings (SSSR count). The summed E-state index contributed by atoms with van der Waals surface area (Å²) >= 11 is 5.90. The fraction of sp³-hybridized carbons (Fsp3) is 0.350. The Morgan fingerprint density at radius 3 is 2.48 bits per heavy atom. The summed E-state index contributed by atoms with van der Waals surface area (Å²) in [5.74, 6) is 0.286. The van der Waals surface area contributed by atoms with E-state index in [2.05, 4.69) is 5.32 Å². The molecule has 2 amide bonds. The van der Waals surface area contributed by atoms with Crippen molar-refractivity contribution in [2.24, 2.45) is 0 Å². The zero-order chi connectivity index (χ0) is 21.0. The first-order chi connectivity index (χ1) is 13.7. The highest BCUT2D eigenvalue weighted by molar-refractivity contribution is 7.90. The van der Waals surface area contributed by atoms with Crippen LogP contribution < -0.4 is 10.1 Å². The van der Waals surface area contributed by atoms with Crippen LogP contribution in [0.15, 0.2) is 47.4 Å². The average Bonchev–Trinajstić information content (AvgIpc) is 2.68. The minimum atomic E-state index is -3.46. The molecule has 2 aromatic rings. The summed E-state index contributed by atoms with van der Waals surface area (Å²) in [6.45, 7) is 1.11. The SMILES string of the molecule is CS(=O)(=O)c1cc(Cl)ccc1CNC(=O)N1CCC(Oc2ccc(F)cc2)CC1. The second-order valence-corrected chi connectivity index (χ2v) is 9.36. The molecular formula is C20H22ClFN2O4S. The van der Waals surface area contributed by atoms with Crippen LogP contribution in [0.2, 0.25) is 5.02 Å². The summed E-state index contributed by atoms with van der Waals surface area (Å²) in [5, 5.41) is 3.09. The maximum absolute atomic E-state index is 13.0. The van der Waals surface area contributed by atoms with Gasteiger partial charge in [0.05, 0.1) is 4.90 Å². The number of carbonyl (C=O) groups is 1. The van der Waals surface area contributed by atoms with Gasteiger partial charge in [-0.3, -0.25) is 0 Å². The van der Waals surface area contributed by atoms with E-state index >= 15 is 0 Å². The fourth-order valence-corrected chi connectivity index (χ4v) is 4.38. The molecule has 0 saturated carbocycles. The molecule has 156 valence electrons. The number of nitrogens with zero attached hydrogens (tertiary/aromatic N) is 1. The summed E-state index contributed by atoms with van der Waals surface area (Å²) < 4.78 is 42.7. The molecule has 1 heterocycles. The Labute approximate surface area is 174 Å². The van der Waals surface area contributed by atoms with Gasteiger partial charge in [0, 0.05) is 43.8 Å². The lowest BCUT2D eigenvalue weighted by atomic mass is 10.1. The molecule has 0 unspecified atom stereocenters. The lowest BCUT2D eigenvalue weighted by molar-refractivity contribution is 0.111. The topological polar surface area (TPSA) is 75.7 Å². The van der Waals surface area contributed by atoms with Crippen molar-refractivity contribution in [3.63, 3.8) is 0 Å². The Morgan fingerprint density at radius 2 is 1.86 bits per heavy atom. The van der Waals surface area contributed by atoms with Crippen LogP contribution in [0.3, 0.4) is 0 Å². The molecule has 1 aliphatic heterocycles. The zero-order valence-electron chi connectivity index (χ0n) is 15.9. The van der Waals surface area contributed by atoms with Gasteiger partial charge in [0.1, 0.15) is 17.7 Å². The van der Waals surface area contributed by atoms with Crippen molar-refractivity contribution < 1.29 is 22.3 Å². The second-order valence-electron chi connectivity index (χ2n) is 6.94. The third-order valence-corrected chi connectivity index (χ3v) is 6.12. The number of hydrogen-bond acceptors (Lipinski definition) is 4. The van der Waals surface area contributed by atoms with Crippen molar-refractivity contribution in [2.75, 3.05) is 19.3 Å². The number of amides is 2. The molecule has 1 saturated heterocycles. The van der Waals surface area contributed by atoms with Crippen LogP contribution in [0, 0.1) is 5.82 Å². The van der Waals surface area contributed by atoms with Gasteiger partial charge in [-0.2, -0.15) is 0 Å². The smallest absolute Gasteiger partial charge is 0.317 e. The molecule has 1 fully saturated rings. The summed E-state index contributed by atoms with van der Waals surface area (Å²) in [5.41, 5.74) is 0.486. The Balaban J connectivity index is 1.52. The van der Waals surface area contributed by atoms with Gasteiger partial charge >= 0.3 is 6.03 Å². The van der Waals surface area contributed by atoms with E-state index in [-0.39, 0.29) is 29.4 Å². The molecule has 29 heavy (non-hydrogen) atoms. The van der Waals surface area contributed by atoms with E-state index in [1.165, 1.54) is 18.2 Å². The highest BCUT2D eigenvalue weighted by Crippen LogP contribution is 2.22. The minimum absolute atomic E-state index is 0.0439. The van der Waals surface area contributed by atoms with Crippen LogP contribution in [-0.4, -0.2) is 44.8 Å². The highest BCUT2D eigenvalue weighted by Gasteiger charge is 2.24. The van der Waals surface area contributed by atoms with Crippen LogP contribution in [0.25, 0.3) is 0 Å². The molecule has 9 heteroatoms. The molecule has 6 nitrogen and oxygen atoms in total. The summed E-state index contributed by atoms with van der Waals surface area (Å²) in [4.78, 5) is 14.2. The number of nitrogens with one attached hydrogen (secondary N) is 1. The first kappa shape index (κ1) is 21.4. The largest absolute Gasteiger partial charge is 0.490 e. The molecule has 0 spiro atoms. The Bertz CT molecular complexity index is 974. The monoisotopic (exact) mass is 440 g/mol. The molecule has 0 aliphatic carbocycles. The van der Waals surface area contributed by atoms with Gasteiger partial charge in [-0.25, -0.2) is 17.6 Å². The average molecular weight is 441 g/mol. The summed E-state index contributed by atoms with van der Waals surface area (Å²) in [7, 11) is -3.46. The standard InChI is InChI=1S/C20H22ClFN2O4S/c1-29(26,27)19-12-15(21)3-2-14(19)13-23-20(25)24-10-8-18(9-11-24)28-17-6-4-16(22)5-7-17/h2-7,12,18H,8-11,13H2,1H3,(H,23,25). The van der Waals surface area contributed by atoms with E-state index in [0.29, 0.717) is 42.3 Å². The van der Waals surface area contributed by atoms with E-state index in [9.17, 15) is 17.6 Å². The molecule has 0 radical (unpaired) electrons. The maximum Gasteiger partial charge on any atom is 0.317 e. The molecule has 0 atom stereocenters. The van der Waals surface area contributed by atoms with Crippen LogP contribution in [0.4, 0.5) is 9.18 Å². The molecule has 0 aromatic heterocycles. The number of piperidine rings is 1. The third kappa shape index (κ3) is 5.83. The van der Waals surface area contributed by atoms with E-state index in [4.69, 9.17) is 16.3 Å². The summed E-state index contributed by atoms with van der Waals surface area (Å²) in [6.07, 6.45) is 2.37. The van der Waals surface area contributed by atoms with Gasteiger partial charge in [0.2, 0.25) is 0 Å². The van der Waals surface area contributed by atoms with Crippen molar-refractivity contribution in [1.29, 1.82) is 0 Å². The van der Waals surface area contributed by atoms with Crippen LogP contribution >= 0.6 is 11.6 Å². The highest BCUT2D eigenvalue weighted by atomic mass is 35.5. The lowest BCUT2D eigenvalue weighted by Crippen LogP contribution is -2.46. The molecule has 2 aromatic carbocycles. The molecule has 1 N–H and O–H groups in total. The fourth-order valence-electron chi connectivity index (χ4n) is 3.18. The Morgan fingerprint density at radius 1 is 1.21 bits per heavy atom. The van der Waals surface area contributed by atoms with Gasteiger partial charge in [-0.15, -0.1) is 0 Å². The van der Waals surface area contributed by atoms with Crippen LogP contribution in [-0.2, 0) is 16.4 Å². The number of hydrogen-bond donors (Lipinski definition) is 1. The Hall–Kier alpha value is -2.32. The molecule has 0 bridgehead atoms. The Kier molecular flexibility index (Phi) is 6.64. The van der Waals surface area contributed by atoms with E-state index < -0.39 is 9.84 Å². The van der Waals surface area contributed by atoms with Gasteiger partial charge in [-0.05, 0) is 42.0 Å². The quantitative estimate of drug-likeness (QED) is 0.770. The normalized spacial score (nSPS) is 15.2. The number of benzene rings is 2. The predicted octanol–water partition coefficient (Wildman–Crippen LogP) is 3.64. The van der Waals surface area contributed by atoms with Crippen LogP contribution in [0.5, 0.6) is 5.75 Å². The number of likely N-dealkylation sites (tertiary alicyclic amines) is 1. The number of sulfone groups is 1. The number of urea groups is 1. The third-order valence-electron chi connectivity index (χ3n) is 4.70. The first-order valence-electron chi connectivity index (χ1n) is 9.16. The van der Waals surface area contributed by atoms with Gasteiger partial charge in [-0.1, -0.05) is 17.7 Å². The predicted molar refractivity (Wildman–Crippen MR) is 108 cm³/mol. The van der Waals surface area contributed by atoms with E-state index in [1.807, 2.05) is 0 Å². The lowest BCUT2D eigenvalue weighted by Gasteiger charge is -2.32. The molecular weight excluding hydrogens is 419 g/mol. The number of carbonyl (C=O) groups excluding carboxylic acids is 1. The number of ether oxygens (including phenoxy) is 1. The van der Waals surface area contributed by atoms with Crippen molar-refractivity contribution in [3.8, 4) is 5.75 Å². The van der Waals surface area contributed by atoms with Gasteiger partial charge in [0.15, 0.2) is 9.84 Å². The minimum Gasteiger partial charge on any atom is -0.490 e. The van der Waals surface area contributed by atoms with Crippen molar-refractivity contribution >= 4 is 27.5 Å². The van der Waals surface area contributed by atoms with E-state index in [1.54, 1.807) is 29.2 Å². The number of rotatable bonds is 5. The van der Waals surface area contributed by atoms with E-state index in [0.717, 1.165) is 6.26 Å². The second kappa shape index (κ2) is 9.00. The summed E-state index contributed by atoms with van der Waals surface area (Å²) in [6, 6.07) is 10.2.